The van der Waals surface area contributed by atoms with Gasteiger partial charge in [-0.15, -0.1) is 0 Å². The number of hydrogen-bond donors (Lipinski definition) is 0. The van der Waals surface area contributed by atoms with E-state index in [1.807, 2.05) is 12.1 Å². The van der Waals surface area contributed by atoms with E-state index >= 15 is 0 Å². The van der Waals surface area contributed by atoms with Crippen LogP contribution in [0.15, 0.2) is 115 Å². The van der Waals surface area contributed by atoms with Crippen molar-refractivity contribution in [2.24, 2.45) is 0 Å². The van der Waals surface area contributed by atoms with Crippen LogP contribution < -0.4 is 15.9 Å². The maximum atomic E-state index is 6.10. The van der Waals surface area contributed by atoms with Gasteiger partial charge in [0, 0.05) is 0 Å². The Morgan fingerprint density at radius 2 is 0.929 bits per heavy atom. The quantitative estimate of drug-likeness (QED) is 0.262. The molecule has 138 valence electrons. The second-order valence-electron chi connectivity index (χ2n) is 6.52. The fraction of sp³-hybridized carbons (Fsp3) is 0.0400. The van der Waals surface area contributed by atoms with E-state index in [-0.39, 0.29) is 0 Å². The summed E-state index contributed by atoms with van der Waals surface area (Å²) in [6.07, 6.45) is 0. The molecule has 0 unspecified atom stereocenters. The first-order valence-corrected chi connectivity index (χ1v) is 14.8. The SMILES string of the molecule is Clc1ccc(C[Se][P+](c2ccccc2)(c2ccccc2)c2ccccc2)cc1. The van der Waals surface area contributed by atoms with Gasteiger partial charge in [-0.3, -0.25) is 0 Å². The molecule has 4 rings (SSSR count). The van der Waals surface area contributed by atoms with Crippen molar-refractivity contribution in [3.63, 3.8) is 0 Å². The third-order valence-electron chi connectivity index (χ3n) is 4.70. The van der Waals surface area contributed by atoms with Crippen LogP contribution in [0.1, 0.15) is 5.56 Å². The summed E-state index contributed by atoms with van der Waals surface area (Å²) in [6.45, 7) is 0. The zero-order chi connectivity index (χ0) is 19.2. The molecule has 0 bridgehead atoms. The summed E-state index contributed by atoms with van der Waals surface area (Å²) in [5, 5.41) is 6.26. The Labute approximate surface area is 178 Å². The molecule has 0 spiro atoms. The van der Waals surface area contributed by atoms with Gasteiger partial charge in [-0.1, -0.05) is 0 Å². The molecule has 0 nitrogen and oxygen atoms in total. The summed E-state index contributed by atoms with van der Waals surface area (Å²) in [5.41, 5.74) is 1.36. The van der Waals surface area contributed by atoms with E-state index in [1.54, 1.807) is 0 Å². The van der Waals surface area contributed by atoms with Crippen molar-refractivity contribution in [2.45, 2.75) is 5.32 Å². The zero-order valence-corrected chi connectivity index (χ0v) is 18.8. The Morgan fingerprint density at radius 1 is 0.536 bits per heavy atom. The molecule has 0 aliphatic rings. The van der Waals surface area contributed by atoms with Gasteiger partial charge in [-0.2, -0.15) is 0 Å². The monoisotopic (exact) mass is 467 g/mol. The number of hydrogen-bond acceptors (Lipinski definition) is 0. The molecule has 4 aromatic carbocycles. The molecular formula is C25H21ClPSe+. The van der Waals surface area contributed by atoms with Crippen molar-refractivity contribution in [2.75, 3.05) is 0 Å². The van der Waals surface area contributed by atoms with Gasteiger partial charge in [-0.05, 0) is 0 Å². The first-order valence-electron chi connectivity index (χ1n) is 9.24. The Kier molecular flexibility index (Phi) is 6.30. The van der Waals surface area contributed by atoms with Crippen molar-refractivity contribution in [3.8, 4) is 0 Å². The van der Waals surface area contributed by atoms with Crippen LogP contribution in [0.3, 0.4) is 0 Å². The van der Waals surface area contributed by atoms with E-state index in [0.717, 1.165) is 10.3 Å². The van der Waals surface area contributed by atoms with Crippen LogP contribution in [-0.2, 0) is 5.32 Å². The van der Waals surface area contributed by atoms with Crippen LogP contribution in [0.25, 0.3) is 0 Å². The van der Waals surface area contributed by atoms with E-state index < -0.39 is 5.95 Å². The molecule has 0 heterocycles. The van der Waals surface area contributed by atoms with Crippen molar-refractivity contribution < 1.29 is 0 Å². The van der Waals surface area contributed by atoms with Crippen molar-refractivity contribution in [3.05, 3.63) is 126 Å². The summed E-state index contributed by atoms with van der Waals surface area (Å²) in [6, 6.07) is 41.6. The van der Waals surface area contributed by atoms with Crippen molar-refractivity contribution in [1.82, 2.24) is 0 Å². The molecule has 0 aliphatic carbocycles. The van der Waals surface area contributed by atoms with E-state index in [4.69, 9.17) is 11.6 Å². The van der Waals surface area contributed by atoms with Crippen LogP contribution in [0.4, 0.5) is 0 Å². The molecule has 0 amide bonds. The zero-order valence-electron chi connectivity index (χ0n) is 15.4. The minimum absolute atomic E-state index is 0.366. The van der Waals surface area contributed by atoms with Crippen LogP contribution in [-0.4, -0.2) is 14.5 Å². The summed E-state index contributed by atoms with van der Waals surface area (Å²) in [4.78, 5) is 0. The minimum atomic E-state index is -1.70. The fourth-order valence-electron chi connectivity index (χ4n) is 3.34. The van der Waals surface area contributed by atoms with Gasteiger partial charge in [0.05, 0.1) is 0 Å². The molecule has 0 atom stereocenters. The molecule has 0 aromatic heterocycles. The number of benzene rings is 4. The molecule has 3 heteroatoms. The summed E-state index contributed by atoms with van der Waals surface area (Å²) in [5.74, 6) is -1.70. The normalized spacial score (nSPS) is 11.3. The maximum absolute atomic E-state index is 6.10. The Morgan fingerprint density at radius 3 is 1.32 bits per heavy atom. The van der Waals surface area contributed by atoms with E-state index in [9.17, 15) is 0 Å². The Hall–Kier alpha value is -1.88. The van der Waals surface area contributed by atoms with Gasteiger partial charge >= 0.3 is 179 Å². The molecule has 0 saturated carbocycles. The van der Waals surface area contributed by atoms with Gasteiger partial charge in [0.1, 0.15) is 0 Å². The number of halogens is 1. The van der Waals surface area contributed by atoms with E-state index in [0.29, 0.717) is 14.5 Å². The fourth-order valence-corrected chi connectivity index (χ4v) is 14.6. The first kappa shape index (κ1) is 19.4. The van der Waals surface area contributed by atoms with Gasteiger partial charge in [0.2, 0.25) is 0 Å². The average molecular weight is 467 g/mol. The van der Waals surface area contributed by atoms with Crippen molar-refractivity contribution in [1.29, 1.82) is 0 Å². The van der Waals surface area contributed by atoms with Gasteiger partial charge in [0.15, 0.2) is 0 Å². The van der Waals surface area contributed by atoms with Crippen LogP contribution in [0.2, 0.25) is 5.02 Å². The van der Waals surface area contributed by atoms with Crippen LogP contribution in [0.5, 0.6) is 0 Å². The summed E-state index contributed by atoms with van der Waals surface area (Å²) < 4.78 is 0. The molecule has 0 radical (unpaired) electrons. The Bertz CT molecular complexity index is 906. The molecule has 0 fully saturated rings. The third-order valence-corrected chi connectivity index (χ3v) is 16.5. The molecule has 28 heavy (non-hydrogen) atoms. The van der Waals surface area contributed by atoms with Crippen molar-refractivity contribution >= 4 is 48.0 Å². The molecule has 0 aliphatic heterocycles. The topological polar surface area (TPSA) is 0 Å². The van der Waals surface area contributed by atoms with Gasteiger partial charge in [0.25, 0.3) is 0 Å². The van der Waals surface area contributed by atoms with Crippen LogP contribution >= 0.6 is 17.6 Å². The molecule has 0 saturated heterocycles. The second kappa shape index (κ2) is 9.08. The van der Waals surface area contributed by atoms with E-state index in [2.05, 4.69) is 103 Å². The molecule has 4 aromatic rings. The van der Waals surface area contributed by atoms with E-state index in [1.165, 1.54) is 21.5 Å². The second-order valence-corrected chi connectivity index (χ2v) is 15.7. The Balaban J connectivity index is 1.86. The summed E-state index contributed by atoms with van der Waals surface area (Å²) in [7, 11) is 0. The van der Waals surface area contributed by atoms with Gasteiger partial charge in [-0.25, -0.2) is 0 Å². The molecular weight excluding hydrogens is 446 g/mol. The number of rotatable bonds is 6. The predicted octanol–water partition coefficient (Wildman–Crippen LogP) is 5.45. The predicted molar refractivity (Wildman–Crippen MR) is 126 cm³/mol. The standard InChI is InChI=1S/C25H21ClPSe/c26-22-18-16-21(17-19-22)20-28-27(23-10-4-1-5-11-23,24-12-6-2-7-13-24)25-14-8-3-9-15-25/h1-19H,20H2/q+1. The summed E-state index contributed by atoms with van der Waals surface area (Å²) >= 11 is 6.47. The third kappa shape index (κ3) is 4.09. The molecule has 0 N–H and O–H groups in total. The van der Waals surface area contributed by atoms with Gasteiger partial charge < -0.3 is 0 Å². The first-order chi connectivity index (χ1) is 13.8. The average Bonchev–Trinajstić information content (AvgIpc) is 2.78. The van der Waals surface area contributed by atoms with Crippen LogP contribution in [0, 0.1) is 0 Å².